The summed E-state index contributed by atoms with van der Waals surface area (Å²) in [6, 6.07) is 17.7. The third kappa shape index (κ3) is 4.83. The molecule has 0 radical (unpaired) electrons. The van der Waals surface area contributed by atoms with Gasteiger partial charge in [-0.25, -0.2) is 9.78 Å². The molecule has 0 spiro atoms. The van der Waals surface area contributed by atoms with Gasteiger partial charge in [0.05, 0.1) is 40.2 Å². The number of pyridine rings is 3. The fourth-order valence-electron chi connectivity index (χ4n) is 4.68. The molecule has 1 aromatic carbocycles. The molecule has 0 aliphatic carbocycles. The van der Waals surface area contributed by atoms with E-state index in [0.717, 1.165) is 64.2 Å². The van der Waals surface area contributed by atoms with E-state index in [2.05, 4.69) is 36.3 Å². The normalized spacial score (nSPS) is 15.2. The average molecular weight is 491 g/mol. The molecule has 1 fully saturated rings. The summed E-state index contributed by atoms with van der Waals surface area (Å²) >= 11 is 0. The minimum Gasteiger partial charge on any atom is -0.460 e. The second kappa shape index (κ2) is 9.91. The van der Waals surface area contributed by atoms with Crippen LogP contribution in [0, 0.1) is 6.92 Å². The number of aromatic amines is 1. The lowest BCUT2D eigenvalue weighted by molar-refractivity contribution is 0.0473. The number of rotatable bonds is 6. The molecule has 1 saturated heterocycles. The lowest BCUT2D eigenvalue weighted by atomic mass is 10.0. The zero-order valence-electron chi connectivity index (χ0n) is 20.4. The Hall–Kier alpha value is -4.43. The Morgan fingerprint density at radius 1 is 1.03 bits per heavy atom. The maximum atomic E-state index is 12.6. The highest BCUT2D eigenvalue weighted by Crippen LogP contribution is 2.31. The first kappa shape index (κ1) is 23.0. The van der Waals surface area contributed by atoms with Gasteiger partial charge in [0.1, 0.15) is 6.61 Å². The lowest BCUT2D eigenvalue weighted by Crippen LogP contribution is -2.28. The molecule has 5 heterocycles. The third-order valence-corrected chi connectivity index (χ3v) is 6.61. The van der Waals surface area contributed by atoms with Crippen molar-refractivity contribution in [3.8, 4) is 33.9 Å². The second-order valence-corrected chi connectivity index (χ2v) is 9.24. The minimum absolute atomic E-state index is 0.237. The number of benzene rings is 1. The van der Waals surface area contributed by atoms with Crippen LogP contribution in [0.3, 0.4) is 0 Å². The lowest BCUT2D eigenvalue weighted by Gasteiger charge is -2.11. The van der Waals surface area contributed by atoms with Gasteiger partial charge in [0, 0.05) is 40.6 Å². The van der Waals surface area contributed by atoms with Gasteiger partial charge in [0.15, 0.2) is 0 Å². The van der Waals surface area contributed by atoms with Crippen LogP contribution in [0.15, 0.2) is 73.3 Å². The molecule has 5 aromatic rings. The Bertz CT molecular complexity index is 1590. The van der Waals surface area contributed by atoms with E-state index >= 15 is 0 Å². The van der Waals surface area contributed by atoms with E-state index in [4.69, 9.17) is 4.74 Å². The number of nitrogens with zero attached hydrogens (tertiary/aromatic N) is 4. The van der Waals surface area contributed by atoms with E-state index in [-0.39, 0.29) is 12.0 Å². The van der Waals surface area contributed by atoms with Crippen LogP contribution in [-0.4, -0.2) is 50.1 Å². The average Bonchev–Trinajstić information content (AvgIpc) is 3.64. The van der Waals surface area contributed by atoms with Crippen molar-refractivity contribution in [3.05, 3.63) is 84.6 Å². The predicted molar refractivity (Wildman–Crippen MR) is 142 cm³/mol. The summed E-state index contributed by atoms with van der Waals surface area (Å²) in [5.74, 6) is -0.343. The number of hydrogen-bond acceptors (Lipinski definition) is 7. The fraction of sp³-hybridized carbons (Fsp3) is 0.207. The van der Waals surface area contributed by atoms with Crippen molar-refractivity contribution in [3.63, 3.8) is 0 Å². The highest BCUT2D eigenvalue weighted by molar-refractivity contribution is 5.92. The molecule has 0 saturated carbocycles. The minimum atomic E-state index is -0.343. The zero-order valence-corrected chi connectivity index (χ0v) is 20.4. The van der Waals surface area contributed by atoms with Gasteiger partial charge in [-0.15, -0.1) is 0 Å². The Labute approximate surface area is 214 Å². The van der Waals surface area contributed by atoms with Gasteiger partial charge in [-0.1, -0.05) is 12.1 Å². The van der Waals surface area contributed by atoms with Crippen molar-refractivity contribution in [2.75, 3.05) is 13.2 Å². The van der Waals surface area contributed by atoms with Crippen LogP contribution < -0.4 is 5.32 Å². The quantitative estimate of drug-likeness (QED) is 0.324. The first-order valence-corrected chi connectivity index (χ1v) is 12.4. The molecule has 8 heteroatoms. The van der Waals surface area contributed by atoms with Crippen molar-refractivity contribution in [2.24, 2.45) is 0 Å². The maximum Gasteiger partial charge on any atom is 0.338 e. The molecule has 1 aliphatic rings. The summed E-state index contributed by atoms with van der Waals surface area (Å²) in [5, 5.41) is 4.29. The number of hydrogen-bond donors (Lipinski definition) is 2. The van der Waals surface area contributed by atoms with Crippen molar-refractivity contribution < 1.29 is 9.53 Å². The van der Waals surface area contributed by atoms with Gasteiger partial charge in [-0.3, -0.25) is 15.0 Å². The van der Waals surface area contributed by atoms with E-state index in [9.17, 15) is 4.79 Å². The molecule has 0 amide bonds. The van der Waals surface area contributed by atoms with Crippen molar-refractivity contribution in [1.29, 1.82) is 0 Å². The highest BCUT2D eigenvalue weighted by atomic mass is 16.5. The van der Waals surface area contributed by atoms with Crippen LogP contribution in [0.2, 0.25) is 0 Å². The Balaban J connectivity index is 1.29. The summed E-state index contributed by atoms with van der Waals surface area (Å²) in [7, 11) is 0. The Morgan fingerprint density at radius 3 is 2.81 bits per heavy atom. The second-order valence-electron chi connectivity index (χ2n) is 9.24. The van der Waals surface area contributed by atoms with Crippen LogP contribution >= 0.6 is 0 Å². The molecule has 1 unspecified atom stereocenters. The van der Waals surface area contributed by atoms with E-state index < -0.39 is 0 Å². The van der Waals surface area contributed by atoms with Crippen LogP contribution in [0.4, 0.5) is 0 Å². The van der Waals surface area contributed by atoms with Gasteiger partial charge in [0.25, 0.3) is 0 Å². The number of aryl methyl sites for hydroxylation is 1. The first-order chi connectivity index (χ1) is 18.1. The van der Waals surface area contributed by atoms with Crippen LogP contribution in [-0.2, 0) is 4.74 Å². The monoisotopic (exact) mass is 490 g/mol. The number of esters is 1. The van der Waals surface area contributed by atoms with Crippen LogP contribution in [0.25, 0.3) is 44.8 Å². The van der Waals surface area contributed by atoms with Gasteiger partial charge < -0.3 is 15.0 Å². The summed E-state index contributed by atoms with van der Waals surface area (Å²) in [6.07, 6.45) is 7.23. The number of nitrogens with one attached hydrogen (secondary N) is 2. The molecule has 4 aromatic heterocycles. The fourth-order valence-corrected chi connectivity index (χ4v) is 4.68. The number of H-pyrrole nitrogens is 1. The molecular weight excluding hydrogens is 464 g/mol. The van der Waals surface area contributed by atoms with Gasteiger partial charge in [0.2, 0.25) is 0 Å². The summed E-state index contributed by atoms with van der Waals surface area (Å²) in [6.45, 7) is 3.32. The van der Waals surface area contributed by atoms with E-state index in [1.807, 2.05) is 43.3 Å². The number of imidazole rings is 1. The third-order valence-electron chi connectivity index (χ3n) is 6.61. The summed E-state index contributed by atoms with van der Waals surface area (Å²) in [4.78, 5) is 34.2. The van der Waals surface area contributed by atoms with Crippen LogP contribution in [0.1, 0.15) is 28.9 Å². The van der Waals surface area contributed by atoms with Crippen LogP contribution in [0.5, 0.6) is 0 Å². The summed E-state index contributed by atoms with van der Waals surface area (Å²) < 4.78 is 5.53. The number of aromatic nitrogens is 5. The van der Waals surface area contributed by atoms with Gasteiger partial charge in [-0.05, 0) is 68.8 Å². The Morgan fingerprint density at radius 2 is 1.95 bits per heavy atom. The Kier molecular flexibility index (Phi) is 6.16. The van der Waals surface area contributed by atoms with Gasteiger partial charge in [-0.2, -0.15) is 0 Å². The highest BCUT2D eigenvalue weighted by Gasteiger charge is 2.18. The topological polar surface area (TPSA) is 106 Å². The van der Waals surface area contributed by atoms with Gasteiger partial charge >= 0.3 is 5.97 Å². The first-order valence-electron chi connectivity index (χ1n) is 12.4. The molecule has 1 aliphatic heterocycles. The predicted octanol–water partition coefficient (Wildman–Crippen LogP) is 4.97. The van der Waals surface area contributed by atoms with E-state index in [1.54, 1.807) is 30.9 Å². The number of ether oxygens (including phenoxy) is 1. The molecule has 6 rings (SSSR count). The number of carbonyl (C=O) groups is 1. The molecule has 37 heavy (non-hydrogen) atoms. The summed E-state index contributed by atoms with van der Waals surface area (Å²) in [5.41, 5.74) is 7.25. The molecule has 8 nitrogen and oxygen atoms in total. The van der Waals surface area contributed by atoms with E-state index in [1.165, 1.54) is 0 Å². The molecule has 2 N–H and O–H groups in total. The number of fused-ring (bicyclic) bond motifs is 1. The number of carbonyl (C=O) groups excluding carboxylic acids is 1. The maximum absolute atomic E-state index is 12.6. The molecule has 0 bridgehead atoms. The van der Waals surface area contributed by atoms with E-state index in [0.29, 0.717) is 17.9 Å². The van der Waals surface area contributed by atoms with Crippen molar-refractivity contribution in [1.82, 2.24) is 30.2 Å². The van der Waals surface area contributed by atoms with Crippen molar-refractivity contribution >= 4 is 16.9 Å². The zero-order chi connectivity index (χ0) is 25.2. The largest absolute Gasteiger partial charge is 0.460 e. The smallest absolute Gasteiger partial charge is 0.338 e. The van der Waals surface area contributed by atoms with Crippen molar-refractivity contribution in [2.45, 2.75) is 25.8 Å². The molecule has 184 valence electrons. The SMILES string of the molecule is Cc1cccc(-c2[nH]cnc2-c2ccc3ncc(-c4cc(C(=O)OCC5CCCN5)ccn4)cc3c2)n1. The molecular formula is C29H26N6O2. The molecule has 1 atom stereocenters. The standard InChI is InChI=1S/C29H26N6O2/c1-18-4-2-6-25(35-18)28-27(33-17-34-28)19-7-8-24-21(12-19)13-22(15-32-24)26-14-20(9-11-31-26)29(36)37-16-23-5-3-10-30-23/h2,4,6-9,11-15,17,23,30H,3,5,10,16H2,1H3,(H,33,34).